The number of nitriles is 1. The third-order valence-electron chi connectivity index (χ3n) is 2.23. The Bertz CT molecular complexity index is 249. The van der Waals surface area contributed by atoms with E-state index in [9.17, 15) is 4.79 Å². The van der Waals surface area contributed by atoms with Gasteiger partial charge in [-0.05, 0) is 5.92 Å². The predicted octanol–water partition coefficient (Wildman–Crippen LogP) is 0.621. The molecule has 98 valence electrons. The first-order valence-electron chi connectivity index (χ1n) is 5.95. The Hall–Kier alpha value is -1.12. The highest BCUT2D eigenvalue weighted by atomic mass is 16.5. The van der Waals surface area contributed by atoms with Gasteiger partial charge in [-0.3, -0.25) is 9.69 Å². The van der Waals surface area contributed by atoms with E-state index in [4.69, 9.17) is 10.00 Å². The van der Waals surface area contributed by atoms with Gasteiger partial charge >= 0.3 is 0 Å². The summed E-state index contributed by atoms with van der Waals surface area (Å²) in [5, 5.41) is 11.4. The van der Waals surface area contributed by atoms with Crippen LogP contribution in [-0.4, -0.2) is 50.7 Å². The molecule has 0 heterocycles. The van der Waals surface area contributed by atoms with E-state index in [1.54, 1.807) is 7.11 Å². The molecule has 5 heteroatoms. The Morgan fingerprint density at radius 2 is 2.18 bits per heavy atom. The normalized spacial score (nSPS) is 10.6. The lowest BCUT2D eigenvalue weighted by Gasteiger charge is -2.20. The minimum Gasteiger partial charge on any atom is -0.383 e. The lowest BCUT2D eigenvalue weighted by Crippen LogP contribution is -2.40. The fourth-order valence-electron chi connectivity index (χ4n) is 1.28. The van der Waals surface area contributed by atoms with E-state index in [-0.39, 0.29) is 5.91 Å². The van der Waals surface area contributed by atoms with Gasteiger partial charge < -0.3 is 10.1 Å². The van der Waals surface area contributed by atoms with Crippen molar-refractivity contribution in [3.8, 4) is 6.07 Å². The van der Waals surface area contributed by atoms with E-state index in [1.165, 1.54) is 0 Å². The number of nitrogens with zero attached hydrogens (tertiary/aromatic N) is 2. The molecule has 0 aromatic rings. The van der Waals surface area contributed by atoms with Gasteiger partial charge in [-0.2, -0.15) is 5.26 Å². The summed E-state index contributed by atoms with van der Waals surface area (Å²) < 4.78 is 4.98. The molecular weight excluding hydrogens is 218 g/mol. The third kappa shape index (κ3) is 9.79. The molecule has 0 aliphatic carbocycles. The number of hydrogen-bond acceptors (Lipinski definition) is 4. The molecule has 0 saturated carbocycles. The van der Waals surface area contributed by atoms with Crippen molar-refractivity contribution >= 4 is 5.91 Å². The van der Waals surface area contributed by atoms with E-state index in [0.717, 1.165) is 0 Å². The molecule has 1 amide bonds. The number of hydrogen-bond donors (Lipinski definition) is 1. The number of methoxy groups -OCH3 is 1. The van der Waals surface area contributed by atoms with Crippen molar-refractivity contribution in [2.45, 2.75) is 20.3 Å². The van der Waals surface area contributed by atoms with Gasteiger partial charge in [-0.15, -0.1) is 0 Å². The average molecular weight is 241 g/mol. The van der Waals surface area contributed by atoms with E-state index < -0.39 is 0 Å². The van der Waals surface area contributed by atoms with Crippen molar-refractivity contribution in [3.63, 3.8) is 0 Å². The van der Waals surface area contributed by atoms with Crippen LogP contribution in [0.3, 0.4) is 0 Å². The zero-order chi connectivity index (χ0) is 13.1. The number of nitrogens with one attached hydrogen (secondary N) is 1. The van der Waals surface area contributed by atoms with Gasteiger partial charge in [0, 0.05) is 33.2 Å². The van der Waals surface area contributed by atoms with Gasteiger partial charge in [0.2, 0.25) is 5.91 Å². The van der Waals surface area contributed by atoms with Crippen molar-refractivity contribution in [1.82, 2.24) is 10.2 Å². The first kappa shape index (κ1) is 15.9. The molecule has 0 spiro atoms. The van der Waals surface area contributed by atoms with Crippen LogP contribution in [0.5, 0.6) is 0 Å². The quantitative estimate of drug-likeness (QED) is 0.642. The molecule has 17 heavy (non-hydrogen) atoms. The molecule has 0 radical (unpaired) electrons. The fourth-order valence-corrected chi connectivity index (χ4v) is 1.28. The highest BCUT2D eigenvalue weighted by Crippen LogP contribution is 1.93. The van der Waals surface area contributed by atoms with Crippen LogP contribution in [0, 0.1) is 17.2 Å². The molecule has 0 fully saturated rings. The summed E-state index contributed by atoms with van der Waals surface area (Å²) in [5.74, 6) is 0.457. The molecule has 0 aromatic heterocycles. The van der Waals surface area contributed by atoms with Gasteiger partial charge in [0.15, 0.2) is 0 Å². The topological polar surface area (TPSA) is 65.4 Å². The summed E-state index contributed by atoms with van der Waals surface area (Å²) in [6.07, 6.45) is 0.432. The molecule has 0 aliphatic rings. The summed E-state index contributed by atoms with van der Waals surface area (Å²) in [6, 6.07) is 2.08. The highest BCUT2D eigenvalue weighted by Gasteiger charge is 2.10. The van der Waals surface area contributed by atoms with E-state index >= 15 is 0 Å². The number of amides is 1. The monoisotopic (exact) mass is 241 g/mol. The van der Waals surface area contributed by atoms with E-state index in [2.05, 4.69) is 25.2 Å². The third-order valence-corrected chi connectivity index (χ3v) is 2.23. The summed E-state index contributed by atoms with van der Waals surface area (Å²) in [7, 11) is 1.63. The second-order valence-electron chi connectivity index (χ2n) is 4.37. The molecule has 5 nitrogen and oxygen atoms in total. The zero-order valence-electron chi connectivity index (χ0n) is 11.0. The van der Waals surface area contributed by atoms with Crippen LogP contribution in [0.15, 0.2) is 0 Å². The average Bonchev–Trinajstić information content (AvgIpc) is 2.30. The van der Waals surface area contributed by atoms with Crippen molar-refractivity contribution in [3.05, 3.63) is 0 Å². The van der Waals surface area contributed by atoms with Gasteiger partial charge in [0.05, 0.1) is 19.2 Å². The summed E-state index contributed by atoms with van der Waals surface area (Å²) in [5.41, 5.74) is 0. The predicted molar refractivity (Wildman–Crippen MR) is 66.4 cm³/mol. The maximum Gasteiger partial charge on any atom is 0.234 e. The van der Waals surface area contributed by atoms with Gasteiger partial charge in [0.1, 0.15) is 0 Å². The van der Waals surface area contributed by atoms with Crippen molar-refractivity contribution in [1.29, 1.82) is 5.26 Å². The molecule has 0 aliphatic heterocycles. The second-order valence-corrected chi connectivity index (χ2v) is 4.37. The molecular formula is C12H23N3O2. The molecule has 0 saturated heterocycles. The Morgan fingerprint density at radius 1 is 1.47 bits per heavy atom. The summed E-state index contributed by atoms with van der Waals surface area (Å²) >= 11 is 0. The van der Waals surface area contributed by atoms with E-state index in [0.29, 0.717) is 45.1 Å². The van der Waals surface area contributed by atoms with Crippen molar-refractivity contribution in [2.24, 2.45) is 5.92 Å². The maximum atomic E-state index is 11.6. The second kappa shape index (κ2) is 10.1. The minimum atomic E-state index is 0.00717. The number of rotatable bonds is 9. The molecule has 0 rings (SSSR count). The summed E-state index contributed by atoms with van der Waals surface area (Å²) in [6.45, 7) is 6.98. The van der Waals surface area contributed by atoms with Gasteiger partial charge in [-0.1, -0.05) is 13.8 Å². The lowest BCUT2D eigenvalue weighted by atomic mass is 10.2. The van der Waals surface area contributed by atoms with Crippen molar-refractivity contribution < 1.29 is 9.53 Å². The number of ether oxygens (including phenoxy) is 1. The largest absolute Gasteiger partial charge is 0.383 e. The maximum absolute atomic E-state index is 11.6. The number of carbonyl (C=O) groups is 1. The summed E-state index contributed by atoms with van der Waals surface area (Å²) in [4.78, 5) is 13.5. The SMILES string of the molecule is COCCN(CCC#N)CC(=O)NCC(C)C. The molecule has 1 N–H and O–H groups in total. The first-order valence-corrected chi connectivity index (χ1v) is 5.95. The molecule has 0 bridgehead atoms. The first-order chi connectivity index (χ1) is 8.10. The Kier molecular flexibility index (Phi) is 9.40. The van der Waals surface area contributed by atoms with Crippen molar-refractivity contribution in [2.75, 3.05) is 39.9 Å². The lowest BCUT2D eigenvalue weighted by molar-refractivity contribution is -0.122. The molecule has 0 atom stereocenters. The Labute approximate surface area is 104 Å². The highest BCUT2D eigenvalue weighted by molar-refractivity contribution is 5.77. The van der Waals surface area contributed by atoms with Crippen LogP contribution in [-0.2, 0) is 9.53 Å². The van der Waals surface area contributed by atoms with Crippen LogP contribution < -0.4 is 5.32 Å². The smallest absolute Gasteiger partial charge is 0.234 e. The standard InChI is InChI=1S/C12H23N3O2/c1-11(2)9-14-12(16)10-15(6-4-5-13)7-8-17-3/h11H,4,6-10H2,1-3H3,(H,14,16). The van der Waals surface area contributed by atoms with E-state index in [1.807, 2.05) is 4.90 Å². The molecule has 0 aromatic carbocycles. The van der Waals surface area contributed by atoms with Gasteiger partial charge in [-0.25, -0.2) is 0 Å². The minimum absolute atomic E-state index is 0.00717. The fraction of sp³-hybridized carbons (Fsp3) is 0.833. The van der Waals surface area contributed by atoms with Crippen LogP contribution in [0.25, 0.3) is 0 Å². The van der Waals surface area contributed by atoms with Crippen LogP contribution in [0.2, 0.25) is 0 Å². The Morgan fingerprint density at radius 3 is 2.71 bits per heavy atom. The molecule has 0 unspecified atom stereocenters. The van der Waals surface area contributed by atoms with Crippen LogP contribution >= 0.6 is 0 Å². The van der Waals surface area contributed by atoms with Gasteiger partial charge in [0.25, 0.3) is 0 Å². The zero-order valence-corrected chi connectivity index (χ0v) is 11.0. The van der Waals surface area contributed by atoms with Crippen LogP contribution in [0.1, 0.15) is 20.3 Å². The Balaban J connectivity index is 3.94. The van der Waals surface area contributed by atoms with Crippen LogP contribution in [0.4, 0.5) is 0 Å². The number of carbonyl (C=O) groups excluding carboxylic acids is 1.